The molecule has 2 aromatic carbocycles. The van der Waals surface area contributed by atoms with Crippen molar-refractivity contribution in [2.45, 2.75) is 12.8 Å². The summed E-state index contributed by atoms with van der Waals surface area (Å²) < 4.78 is 10.3. The average molecular weight is 427 g/mol. The lowest BCUT2D eigenvalue weighted by Crippen LogP contribution is -2.07. The van der Waals surface area contributed by atoms with Crippen molar-refractivity contribution >= 4 is 17.7 Å². The highest BCUT2D eigenvalue weighted by molar-refractivity contribution is 6.02. The molecule has 0 saturated carbocycles. The summed E-state index contributed by atoms with van der Waals surface area (Å²) >= 11 is 0. The lowest BCUT2D eigenvalue weighted by atomic mass is 10.1. The van der Waals surface area contributed by atoms with Crippen LogP contribution in [0.5, 0.6) is 5.75 Å². The molecule has 160 valence electrons. The van der Waals surface area contributed by atoms with Crippen LogP contribution >= 0.6 is 0 Å². The van der Waals surface area contributed by atoms with Gasteiger partial charge in [-0.15, -0.1) is 10.2 Å². The smallest absolute Gasteiger partial charge is 0.248 e. The van der Waals surface area contributed by atoms with Gasteiger partial charge in [0.15, 0.2) is 0 Å². The molecular formula is C24H21N5O3. The SMILES string of the molecule is COc1ccc(-c2ncncc2C=CC(=O)Nc2ccc(CCc3nnco3)cc2)cc1. The van der Waals surface area contributed by atoms with E-state index < -0.39 is 0 Å². The topological polar surface area (TPSA) is 103 Å². The number of aryl methyl sites for hydroxylation is 2. The second-order valence-corrected chi connectivity index (χ2v) is 6.91. The fourth-order valence-electron chi connectivity index (χ4n) is 3.11. The van der Waals surface area contributed by atoms with E-state index in [2.05, 4.69) is 25.5 Å². The van der Waals surface area contributed by atoms with E-state index in [1.54, 1.807) is 19.4 Å². The third kappa shape index (κ3) is 5.42. The van der Waals surface area contributed by atoms with Gasteiger partial charge in [-0.3, -0.25) is 4.79 Å². The number of aromatic nitrogens is 4. The number of hydrogen-bond acceptors (Lipinski definition) is 7. The number of ether oxygens (including phenoxy) is 1. The van der Waals surface area contributed by atoms with E-state index in [0.717, 1.165) is 34.6 Å². The number of hydrogen-bond donors (Lipinski definition) is 1. The Morgan fingerprint density at radius 2 is 1.91 bits per heavy atom. The maximum atomic E-state index is 12.4. The Morgan fingerprint density at radius 1 is 1.09 bits per heavy atom. The molecule has 0 aliphatic heterocycles. The van der Waals surface area contributed by atoms with Crippen LogP contribution in [0.15, 0.2) is 77.9 Å². The molecule has 0 bridgehead atoms. The van der Waals surface area contributed by atoms with Crippen LogP contribution < -0.4 is 10.1 Å². The predicted molar refractivity (Wildman–Crippen MR) is 120 cm³/mol. The summed E-state index contributed by atoms with van der Waals surface area (Å²) in [6, 6.07) is 15.2. The summed E-state index contributed by atoms with van der Waals surface area (Å²) in [6.45, 7) is 0. The molecule has 2 heterocycles. The number of anilines is 1. The minimum Gasteiger partial charge on any atom is -0.497 e. The van der Waals surface area contributed by atoms with E-state index >= 15 is 0 Å². The van der Waals surface area contributed by atoms with Gasteiger partial charge in [0.1, 0.15) is 12.1 Å². The van der Waals surface area contributed by atoms with Crippen molar-refractivity contribution in [1.82, 2.24) is 20.2 Å². The van der Waals surface area contributed by atoms with Crippen LogP contribution in [0.2, 0.25) is 0 Å². The molecule has 1 N–H and O–H groups in total. The Hall–Kier alpha value is -4.33. The first-order valence-electron chi connectivity index (χ1n) is 9.99. The van der Waals surface area contributed by atoms with E-state index in [4.69, 9.17) is 9.15 Å². The fourth-order valence-corrected chi connectivity index (χ4v) is 3.11. The molecule has 4 rings (SSSR count). The summed E-state index contributed by atoms with van der Waals surface area (Å²) in [7, 11) is 1.62. The van der Waals surface area contributed by atoms with Crippen LogP contribution in [-0.2, 0) is 17.6 Å². The standard InChI is InChI=1S/C24H21N5O3/c1-31-21-10-5-18(6-11-21)24-19(14-25-15-26-24)7-12-22(30)28-20-8-2-17(3-9-20)4-13-23-29-27-16-32-23/h2-3,5-12,14-16H,4,13H2,1H3,(H,28,30). The molecule has 8 heteroatoms. The van der Waals surface area contributed by atoms with Crippen molar-refractivity contribution in [3.8, 4) is 17.0 Å². The number of carbonyl (C=O) groups excluding carboxylic acids is 1. The summed E-state index contributed by atoms with van der Waals surface area (Å²) in [4.78, 5) is 20.8. The Bertz CT molecular complexity index is 1190. The summed E-state index contributed by atoms with van der Waals surface area (Å²) in [5.74, 6) is 1.12. The summed E-state index contributed by atoms with van der Waals surface area (Å²) in [6.07, 6.45) is 9.10. The van der Waals surface area contributed by atoms with E-state index in [1.807, 2.05) is 48.5 Å². The minimum atomic E-state index is -0.242. The molecule has 8 nitrogen and oxygen atoms in total. The van der Waals surface area contributed by atoms with Crippen LogP contribution in [0.4, 0.5) is 5.69 Å². The molecule has 0 spiro atoms. The molecule has 0 atom stereocenters. The number of carbonyl (C=O) groups is 1. The van der Waals surface area contributed by atoms with Crippen LogP contribution in [-0.4, -0.2) is 33.2 Å². The predicted octanol–water partition coefficient (Wildman–Crippen LogP) is 3.97. The zero-order valence-electron chi connectivity index (χ0n) is 17.4. The van der Waals surface area contributed by atoms with Gasteiger partial charge >= 0.3 is 0 Å². The molecule has 1 amide bonds. The molecule has 32 heavy (non-hydrogen) atoms. The second-order valence-electron chi connectivity index (χ2n) is 6.91. The maximum absolute atomic E-state index is 12.4. The molecule has 0 saturated heterocycles. The minimum absolute atomic E-state index is 0.242. The van der Waals surface area contributed by atoms with Crippen molar-refractivity contribution < 1.29 is 13.9 Å². The van der Waals surface area contributed by atoms with Crippen molar-refractivity contribution in [2.24, 2.45) is 0 Å². The highest BCUT2D eigenvalue weighted by Gasteiger charge is 2.06. The lowest BCUT2D eigenvalue weighted by Gasteiger charge is -2.06. The monoisotopic (exact) mass is 427 g/mol. The maximum Gasteiger partial charge on any atom is 0.248 e. The number of benzene rings is 2. The molecule has 2 aromatic heterocycles. The number of methoxy groups -OCH3 is 1. The molecule has 0 radical (unpaired) electrons. The van der Waals surface area contributed by atoms with Crippen LogP contribution in [0.1, 0.15) is 17.0 Å². The molecule has 0 aliphatic carbocycles. The van der Waals surface area contributed by atoms with Gasteiger partial charge in [0.2, 0.25) is 18.2 Å². The van der Waals surface area contributed by atoms with Gasteiger partial charge in [0.05, 0.1) is 12.8 Å². The van der Waals surface area contributed by atoms with Gasteiger partial charge in [-0.25, -0.2) is 9.97 Å². The number of amides is 1. The summed E-state index contributed by atoms with van der Waals surface area (Å²) in [5.41, 5.74) is 4.20. The Labute approximate surface area is 185 Å². The largest absolute Gasteiger partial charge is 0.497 e. The van der Waals surface area contributed by atoms with Crippen molar-refractivity contribution in [2.75, 3.05) is 12.4 Å². The van der Waals surface area contributed by atoms with E-state index in [9.17, 15) is 4.79 Å². The Kier molecular flexibility index (Phi) is 6.62. The van der Waals surface area contributed by atoms with Gasteiger partial charge in [-0.2, -0.15) is 0 Å². The first-order chi connectivity index (χ1) is 15.7. The van der Waals surface area contributed by atoms with Crippen LogP contribution in [0.25, 0.3) is 17.3 Å². The zero-order chi connectivity index (χ0) is 22.2. The highest BCUT2D eigenvalue weighted by atomic mass is 16.5. The van der Waals surface area contributed by atoms with Crippen LogP contribution in [0.3, 0.4) is 0 Å². The second kappa shape index (κ2) is 10.1. The van der Waals surface area contributed by atoms with Gasteiger partial charge in [0.25, 0.3) is 0 Å². The third-order valence-corrected chi connectivity index (χ3v) is 4.77. The first kappa shape index (κ1) is 20.9. The van der Waals surface area contributed by atoms with E-state index in [1.165, 1.54) is 18.8 Å². The Morgan fingerprint density at radius 3 is 2.62 bits per heavy atom. The van der Waals surface area contributed by atoms with Crippen LogP contribution in [0, 0.1) is 0 Å². The first-order valence-corrected chi connectivity index (χ1v) is 9.99. The van der Waals surface area contributed by atoms with E-state index in [-0.39, 0.29) is 5.91 Å². The van der Waals surface area contributed by atoms with E-state index in [0.29, 0.717) is 18.0 Å². The molecular weight excluding hydrogens is 406 g/mol. The van der Waals surface area contributed by atoms with Gasteiger partial charge < -0.3 is 14.5 Å². The number of nitrogens with zero attached hydrogens (tertiary/aromatic N) is 4. The normalized spacial score (nSPS) is 10.9. The molecule has 0 unspecified atom stereocenters. The van der Waals surface area contributed by atoms with Gasteiger partial charge in [-0.05, 0) is 54.5 Å². The molecule has 4 aromatic rings. The highest BCUT2D eigenvalue weighted by Crippen LogP contribution is 2.24. The quantitative estimate of drug-likeness (QED) is 0.424. The fraction of sp³-hybridized carbons (Fsp3) is 0.125. The lowest BCUT2D eigenvalue weighted by molar-refractivity contribution is -0.111. The molecule has 0 aliphatic rings. The van der Waals surface area contributed by atoms with Crippen molar-refractivity contribution in [3.63, 3.8) is 0 Å². The number of nitrogens with one attached hydrogen (secondary N) is 1. The number of rotatable bonds is 8. The van der Waals surface area contributed by atoms with Crippen molar-refractivity contribution in [3.05, 3.63) is 90.5 Å². The molecule has 0 fully saturated rings. The average Bonchev–Trinajstić information content (AvgIpc) is 3.36. The Balaban J connectivity index is 1.38. The van der Waals surface area contributed by atoms with Crippen molar-refractivity contribution in [1.29, 1.82) is 0 Å². The van der Waals surface area contributed by atoms with Gasteiger partial charge in [-0.1, -0.05) is 12.1 Å². The third-order valence-electron chi connectivity index (χ3n) is 4.77. The van der Waals surface area contributed by atoms with Gasteiger partial charge in [0, 0.05) is 35.5 Å². The zero-order valence-corrected chi connectivity index (χ0v) is 17.4. The summed E-state index contributed by atoms with van der Waals surface area (Å²) in [5, 5.41) is 10.4.